The number of aromatic amines is 1. The fraction of sp³-hybridized carbons (Fsp3) is 0. The molecule has 0 radical (unpaired) electrons. The SMILES string of the molecule is C#Cc1nc2ncncc2[nH]1. The molecule has 2 aromatic rings. The number of hydrogen-bond acceptors (Lipinski definition) is 3. The number of nitrogens with zero attached hydrogens (tertiary/aromatic N) is 3. The molecule has 0 bridgehead atoms. The average Bonchev–Trinajstić information content (AvgIpc) is 2.46. The number of aromatic nitrogens is 4. The van der Waals surface area contributed by atoms with Crippen molar-refractivity contribution >= 4 is 11.2 Å². The summed E-state index contributed by atoms with van der Waals surface area (Å²) in [6.07, 6.45) is 8.19. The third kappa shape index (κ3) is 0.829. The van der Waals surface area contributed by atoms with Crippen LogP contribution in [0.2, 0.25) is 0 Å². The van der Waals surface area contributed by atoms with Crippen LogP contribution in [0.5, 0.6) is 0 Å². The van der Waals surface area contributed by atoms with Crippen molar-refractivity contribution in [2.75, 3.05) is 0 Å². The third-order valence-corrected chi connectivity index (χ3v) is 1.30. The van der Waals surface area contributed by atoms with Crippen molar-refractivity contribution < 1.29 is 0 Å². The zero-order chi connectivity index (χ0) is 7.68. The molecule has 0 aliphatic heterocycles. The molecule has 0 aliphatic rings. The standard InChI is InChI=1S/C7H4N4/c1-2-6-10-5-3-8-4-9-7(5)11-6/h1,3-4H,(H,8,9,10,11). The molecular formula is C7H4N4. The molecule has 4 heteroatoms. The predicted octanol–water partition coefficient (Wildman–Crippen LogP) is 0.334. The van der Waals surface area contributed by atoms with E-state index in [2.05, 4.69) is 25.9 Å². The molecule has 0 amide bonds. The number of fused-ring (bicyclic) bond motifs is 1. The molecule has 0 unspecified atom stereocenters. The van der Waals surface area contributed by atoms with Crippen LogP contribution in [0.25, 0.3) is 11.2 Å². The molecule has 52 valence electrons. The molecular weight excluding hydrogens is 140 g/mol. The van der Waals surface area contributed by atoms with Gasteiger partial charge in [0.25, 0.3) is 0 Å². The highest BCUT2D eigenvalue weighted by molar-refractivity contribution is 5.69. The molecule has 0 aliphatic carbocycles. The molecule has 0 spiro atoms. The van der Waals surface area contributed by atoms with Gasteiger partial charge in [0.2, 0.25) is 0 Å². The molecule has 0 atom stereocenters. The Kier molecular flexibility index (Phi) is 1.10. The van der Waals surface area contributed by atoms with Crippen LogP contribution in [0.4, 0.5) is 0 Å². The fourth-order valence-corrected chi connectivity index (χ4v) is 0.830. The Morgan fingerprint density at radius 1 is 1.55 bits per heavy atom. The first-order valence-electron chi connectivity index (χ1n) is 3.02. The van der Waals surface area contributed by atoms with Crippen LogP contribution >= 0.6 is 0 Å². The van der Waals surface area contributed by atoms with Crippen LogP contribution < -0.4 is 0 Å². The van der Waals surface area contributed by atoms with Gasteiger partial charge in [0.05, 0.1) is 6.20 Å². The van der Waals surface area contributed by atoms with Crippen molar-refractivity contribution in [2.45, 2.75) is 0 Å². The summed E-state index contributed by atoms with van der Waals surface area (Å²) in [5, 5.41) is 0. The van der Waals surface area contributed by atoms with Crippen LogP contribution in [0, 0.1) is 12.3 Å². The lowest BCUT2D eigenvalue weighted by molar-refractivity contribution is 1.20. The van der Waals surface area contributed by atoms with Crippen molar-refractivity contribution in [3.63, 3.8) is 0 Å². The minimum Gasteiger partial charge on any atom is -0.329 e. The number of hydrogen-bond donors (Lipinski definition) is 1. The zero-order valence-corrected chi connectivity index (χ0v) is 5.57. The average molecular weight is 144 g/mol. The van der Waals surface area contributed by atoms with Crippen molar-refractivity contribution in [3.05, 3.63) is 18.3 Å². The van der Waals surface area contributed by atoms with E-state index in [0.29, 0.717) is 11.5 Å². The van der Waals surface area contributed by atoms with E-state index in [1.54, 1.807) is 6.20 Å². The Bertz CT molecular complexity index is 390. The fourth-order valence-electron chi connectivity index (χ4n) is 0.830. The van der Waals surface area contributed by atoms with E-state index >= 15 is 0 Å². The summed E-state index contributed by atoms with van der Waals surface area (Å²) < 4.78 is 0. The van der Waals surface area contributed by atoms with Gasteiger partial charge in [-0.25, -0.2) is 15.0 Å². The lowest BCUT2D eigenvalue weighted by Gasteiger charge is -1.80. The van der Waals surface area contributed by atoms with Crippen molar-refractivity contribution in [1.82, 2.24) is 19.9 Å². The Morgan fingerprint density at radius 3 is 3.18 bits per heavy atom. The van der Waals surface area contributed by atoms with Crippen molar-refractivity contribution in [3.8, 4) is 12.3 Å². The Labute approximate surface area is 62.7 Å². The van der Waals surface area contributed by atoms with Gasteiger partial charge in [0.1, 0.15) is 11.8 Å². The predicted molar refractivity (Wildman–Crippen MR) is 39.6 cm³/mol. The highest BCUT2D eigenvalue weighted by Gasteiger charge is 1.98. The largest absolute Gasteiger partial charge is 0.329 e. The number of terminal acetylenes is 1. The normalized spacial score (nSPS) is 9.73. The van der Waals surface area contributed by atoms with E-state index in [1.165, 1.54) is 6.33 Å². The Balaban J connectivity index is 2.81. The summed E-state index contributed by atoms with van der Waals surface area (Å²) >= 11 is 0. The maximum absolute atomic E-state index is 5.12. The first kappa shape index (κ1) is 5.86. The quantitative estimate of drug-likeness (QED) is 0.542. The molecule has 2 rings (SSSR count). The topological polar surface area (TPSA) is 54.5 Å². The Hall–Kier alpha value is -1.89. The third-order valence-electron chi connectivity index (χ3n) is 1.30. The van der Waals surface area contributed by atoms with E-state index < -0.39 is 0 Å². The molecule has 0 saturated heterocycles. The van der Waals surface area contributed by atoms with Crippen LogP contribution in [-0.4, -0.2) is 19.9 Å². The summed E-state index contributed by atoms with van der Waals surface area (Å²) in [5.41, 5.74) is 1.37. The molecule has 0 saturated carbocycles. The van der Waals surface area contributed by atoms with Gasteiger partial charge in [0, 0.05) is 0 Å². The Morgan fingerprint density at radius 2 is 2.45 bits per heavy atom. The van der Waals surface area contributed by atoms with Gasteiger partial charge in [-0.15, -0.1) is 6.42 Å². The summed E-state index contributed by atoms with van der Waals surface area (Å²) in [5.74, 6) is 2.87. The van der Waals surface area contributed by atoms with Gasteiger partial charge in [-0.1, -0.05) is 0 Å². The lowest BCUT2D eigenvalue weighted by Crippen LogP contribution is -1.76. The van der Waals surface area contributed by atoms with Gasteiger partial charge < -0.3 is 4.98 Å². The van der Waals surface area contributed by atoms with E-state index in [0.717, 1.165) is 5.52 Å². The zero-order valence-electron chi connectivity index (χ0n) is 5.57. The van der Waals surface area contributed by atoms with Crippen LogP contribution in [0.3, 0.4) is 0 Å². The molecule has 1 N–H and O–H groups in total. The van der Waals surface area contributed by atoms with Crippen LogP contribution in [0.1, 0.15) is 5.82 Å². The number of H-pyrrole nitrogens is 1. The second-order valence-electron chi connectivity index (χ2n) is 1.99. The highest BCUT2D eigenvalue weighted by atomic mass is 15.0. The first-order chi connectivity index (χ1) is 5.40. The van der Waals surface area contributed by atoms with E-state index in [1.807, 2.05) is 0 Å². The summed E-state index contributed by atoms with van der Waals surface area (Å²) in [4.78, 5) is 14.6. The smallest absolute Gasteiger partial charge is 0.185 e. The van der Waals surface area contributed by atoms with E-state index in [9.17, 15) is 0 Å². The summed E-state index contributed by atoms with van der Waals surface area (Å²) in [6, 6.07) is 0. The first-order valence-corrected chi connectivity index (χ1v) is 3.02. The minimum absolute atomic E-state index is 0.487. The number of imidazole rings is 1. The van der Waals surface area contributed by atoms with E-state index in [-0.39, 0.29) is 0 Å². The van der Waals surface area contributed by atoms with Crippen LogP contribution in [-0.2, 0) is 0 Å². The van der Waals surface area contributed by atoms with E-state index in [4.69, 9.17) is 6.42 Å². The van der Waals surface area contributed by atoms with Gasteiger partial charge in [-0.2, -0.15) is 0 Å². The maximum Gasteiger partial charge on any atom is 0.185 e. The minimum atomic E-state index is 0.487. The molecule has 0 aromatic carbocycles. The molecule has 0 fully saturated rings. The molecule has 4 nitrogen and oxygen atoms in total. The molecule has 11 heavy (non-hydrogen) atoms. The van der Waals surface area contributed by atoms with Gasteiger partial charge in [-0.05, 0) is 5.92 Å². The summed E-state index contributed by atoms with van der Waals surface area (Å²) in [6.45, 7) is 0. The monoisotopic (exact) mass is 144 g/mol. The van der Waals surface area contributed by atoms with Gasteiger partial charge in [-0.3, -0.25) is 0 Å². The lowest BCUT2D eigenvalue weighted by atomic mass is 10.6. The number of rotatable bonds is 0. The maximum atomic E-state index is 5.12. The second kappa shape index (κ2) is 2.06. The summed E-state index contributed by atoms with van der Waals surface area (Å²) in [7, 11) is 0. The van der Waals surface area contributed by atoms with Gasteiger partial charge >= 0.3 is 0 Å². The van der Waals surface area contributed by atoms with Crippen molar-refractivity contribution in [1.29, 1.82) is 0 Å². The molecule has 2 heterocycles. The van der Waals surface area contributed by atoms with Crippen molar-refractivity contribution in [2.24, 2.45) is 0 Å². The van der Waals surface area contributed by atoms with Crippen LogP contribution in [0.15, 0.2) is 12.5 Å². The number of nitrogens with one attached hydrogen (secondary N) is 1. The molecule has 2 aromatic heterocycles. The highest BCUT2D eigenvalue weighted by Crippen LogP contribution is 2.03. The van der Waals surface area contributed by atoms with Gasteiger partial charge in [0.15, 0.2) is 11.5 Å². The second-order valence-corrected chi connectivity index (χ2v) is 1.99.